The number of carbonyl (C=O) groups excluding carboxylic acids is 1. The maximum Gasteiger partial charge on any atom is 0.204 e. The van der Waals surface area contributed by atoms with Crippen molar-refractivity contribution in [2.45, 2.75) is 6.92 Å². The molecule has 2 nitrogen and oxygen atoms in total. The molecule has 0 aliphatic carbocycles. The van der Waals surface area contributed by atoms with Crippen molar-refractivity contribution in [1.29, 1.82) is 0 Å². The minimum Gasteiger partial charge on any atom is -0.288 e. The summed E-state index contributed by atoms with van der Waals surface area (Å²) in [6.45, 7) is 1.78. The molecular formula is C11H8FNOS. The van der Waals surface area contributed by atoms with Crippen molar-refractivity contribution in [1.82, 2.24) is 4.98 Å². The number of carbonyl (C=O) groups is 1. The zero-order valence-corrected chi connectivity index (χ0v) is 8.84. The van der Waals surface area contributed by atoms with Crippen LogP contribution in [0.1, 0.15) is 20.9 Å². The normalized spacial score (nSPS) is 10.3. The first-order valence-electron chi connectivity index (χ1n) is 4.39. The summed E-state index contributed by atoms with van der Waals surface area (Å²) in [5.41, 5.74) is 2.84. The second kappa shape index (κ2) is 3.90. The second-order valence-electron chi connectivity index (χ2n) is 3.10. The van der Waals surface area contributed by atoms with Crippen LogP contribution < -0.4 is 0 Å². The van der Waals surface area contributed by atoms with Crippen molar-refractivity contribution in [3.63, 3.8) is 0 Å². The van der Waals surface area contributed by atoms with Crippen LogP contribution in [0.3, 0.4) is 0 Å². The van der Waals surface area contributed by atoms with Crippen LogP contribution in [0.25, 0.3) is 0 Å². The van der Waals surface area contributed by atoms with Gasteiger partial charge in [0, 0.05) is 5.56 Å². The zero-order valence-electron chi connectivity index (χ0n) is 8.03. The number of benzene rings is 1. The molecule has 1 heterocycles. The van der Waals surface area contributed by atoms with E-state index in [-0.39, 0.29) is 11.6 Å². The van der Waals surface area contributed by atoms with E-state index in [0.29, 0.717) is 16.1 Å². The van der Waals surface area contributed by atoms with Crippen LogP contribution in [-0.4, -0.2) is 10.8 Å². The van der Waals surface area contributed by atoms with Gasteiger partial charge in [0.2, 0.25) is 5.78 Å². The van der Waals surface area contributed by atoms with Crippen LogP contribution >= 0.6 is 11.3 Å². The van der Waals surface area contributed by atoms with Crippen LogP contribution in [-0.2, 0) is 0 Å². The molecule has 15 heavy (non-hydrogen) atoms. The number of thiazole rings is 1. The number of aryl methyl sites for hydroxylation is 1. The summed E-state index contributed by atoms with van der Waals surface area (Å²) in [5.74, 6) is -0.442. The largest absolute Gasteiger partial charge is 0.288 e. The summed E-state index contributed by atoms with van der Waals surface area (Å²) in [7, 11) is 0. The van der Waals surface area contributed by atoms with Crippen molar-refractivity contribution in [3.8, 4) is 0 Å². The van der Waals surface area contributed by atoms with E-state index in [4.69, 9.17) is 0 Å². The summed E-state index contributed by atoms with van der Waals surface area (Å²) < 4.78 is 12.7. The molecule has 2 aromatic rings. The van der Waals surface area contributed by atoms with Crippen LogP contribution in [0.2, 0.25) is 0 Å². The Bertz CT molecular complexity index is 490. The highest BCUT2D eigenvalue weighted by Crippen LogP contribution is 2.17. The third kappa shape index (κ3) is 1.94. The quantitative estimate of drug-likeness (QED) is 0.730. The third-order valence-corrected chi connectivity index (χ3v) is 2.99. The molecule has 0 aliphatic rings. The van der Waals surface area contributed by atoms with Gasteiger partial charge in [-0.25, -0.2) is 9.37 Å². The van der Waals surface area contributed by atoms with E-state index in [1.807, 2.05) is 0 Å². The first-order chi connectivity index (χ1) is 7.18. The van der Waals surface area contributed by atoms with Crippen molar-refractivity contribution < 1.29 is 9.18 Å². The van der Waals surface area contributed by atoms with E-state index in [1.54, 1.807) is 12.4 Å². The highest BCUT2D eigenvalue weighted by atomic mass is 32.1. The van der Waals surface area contributed by atoms with E-state index in [1.165, 1.54) is 35.6 Å². The zero-order chi connectivity index (χ0) is 10.8. The van der Waals surface area contributed by atoms with E-state index in [2.05, 4.69) is 4.98 Å². The average molecular weight is 221 g/mol. The maximum absolute atomic E-state index is 12.7. The molecule has 0 N–H and O–H groups in total. The Labute approximate surface area is 90.4 Å². The molecule has 0 atom stereocenters. The summed E-state index contributed by atoms with van der Waals surface area (Å²) in [5, 5.41) is 0. The van der Waals surface area contributed by atoms with Crippen molar-refractivity contribution in [2.24, 2.45) is 0 Å². The van der Waals surface area contributed by atoms with E-state index in [0.717, 1.165) is 0 Å². The Hall–Kier alpha value is -1.55. The number of rotatable bonds is 2. The predicted molar refractivity (Wildman–Crippen MR) is 56.7 cm³/mol. The predicted octanol–water partition coefficient (Wildman–Crippen LogP) is 2.82. The lowest BCUT2D eigenvalue weighted by atomic mass is 10.1. The van der Waals surface area contributed by atoms with Gasteiger partial charge in [-0.1, -0.05) is 0 Å². The van der Waals surface area contributed by atoms with Gasteiger partial charge in [0.25, 0.3) is 0 Å². The molecule has 2 rings (SSSR count). The lowest BCUT2D eigenvalue weighted by molar-refractivity contribution is 0.104. The van der Waals surface area contributed by atoms with Crippen molar-refractivity contribution in [2.75, 3.05) is 0 Å². The Balaban J connectivity index is 2.37. The van der Waals surface area contributed by atoms with Crippen LogP contribution in [0, 0.1) is 12.7 Å². The van der Waals surface area contributed by atoms with E-state index < -0.39 is 0 Å². The summed E-state index contributed by atoms with van der Waals surface area (Å²) in [6.07, 6.45) is 0. The molecule has 0 saturated carbocycles. The molecule has 0 spiro atoms. The van der Waals surface area contributed by atoms with E-state index >= 15 is 0 Å². The number of hydrogen-bond donors (Lipinski definition) is 0. The maximum atomic E-state index is 12.7. The van der Waals surface area contributed by atoms with Gasteiger partial charge in [-0.15, -0.1) is 11.3 Å². The number of aromatic nitrogens is 1. The van der Waals surface area contributed by atoms with Crippen LogP contribution in [0.5, 0.6) is 0 Å². The first kappa shape index (κ1) is 9.98. The van der Waals surface area contributed by atoms with Gasteiger partial charge in [0.05, 0.1) is 16.1 Å². The number of hydrogen-bond acceptors (Lipinski definition) is 3. The smallest absolute Gasteiger partial charge is 0.204 e. The van der Waals surface area contributed by atoms with E-state index in [9.17, 15) is 9.18 Å². The van der Waals surface area contributed by atoms with Crippen molar-refractivity contribution in [3.05, 3.63) is 51.7 Å². The number of ketones is 1. The van der Waals surface area contributed by atoms with Gasteiger partial charge in [0.15, 0.2) is 0 Å². The lowest BCUT2D eigenvalue weighted by Gasteiger charge is -1.98. The standard InChI is InChI=1S/C11H8FNOS/c1-7-11(15-6-13-7)10(14)8-2-4-9(12)5-3-8/h2-6H,1H3. The van der Waals surface area contributed by atoms with Gasteiger partial charge in [-0.3, -0.25) is 4.79 Å². The van der Waals surface area contributed by atoms with Crippen molar-refractivity contribution >= 4 is 17.1 Å². The van der Waals surface area contributed by atoms with Gasteiger partial charge < -0.3 is 0 Å². The molecule has 1 aromatic carbocycles. The molecular weight excluding hydrogens is 213 g/mol. The Morgan fingerprint density at radius 1 is 1.33 bits per heavy atom. The molecule has 0 amide bonds. The molecule has 0 radical (unpaired) electrons. The monoisotopic (exact) mass is 221 g/mol. The molecule has 0 aliphatic heterocycles. The third-order valence-electron chi connectivity index (χ3n) is 2.06. The fourth-order valence-corrected chi connectivity index (χ4v) is 2.02. The number of nitrogens with zero attached hydrogens (tertiary/aromatic N) is 1. The lowest BCUT2D eigenvalue weighted by Crippen LogP contribution is -2.00. The Morgan fingerprint density at radius 3 is 2.53 bits per heavy atom. The van der Waals surface area contributed by atoms with Crippen LogP contribution in [0.15, 0.2) is 29.8 Å². The second-order valence-corrected chi connectivity index (χ2v) is 3.96. The topological polar surface area (TPSA) is 30.0 Å². The summed E-state index contributed by atoms with van der Waals surface area (Å²) in [4.78, 5) is 16.5. The summed E-state index contributed by atoms with van der Waals surface area (Å²) >= 11 is 1.30. The van der Waals surface area contributed by atoms with Gasteiger partial charge in [-0.05, 0) is 31.2 Å². The van der Waals surface area contributed by atoms with Gasteiger partial charge in [0.1, 0.15) is 5.82 Å². The number of halogens is 1. The molecule has 0 fully saturated rings. The van der Waals surface area contributed by atoms with Gasteiger partial charge in [-0.2, -0.15) is 0 Å². The Kier molecular flexibility index (Phi) is 2.60. The molecule has 0 bridgehead atoms. The fourth-order valence-electron chi connectivity index (χ4n) is 1.25. The molecule has 0 unspecified atom stereocenters. The highest BCUT2D eigenvalue weighted by molar-refractivity contribution is 7.12. The minimum atomic E-state index is -0.340. The fraction of sp³-hybridized carbons (Fsp3) is 0.0909. The molecule has 0 saturated heterocycles. The Morgan fingerprint density at radius 2 is 2.00 bits per heavy atom. The summed E-state index contributed by atoms with van der Waals surface area (Å²) in [6, 6.07) is 5.53. The highest BCUT2D eigenvalue weighted by Gasteiger charge is 2.13. The minimum absolute atomic E-state index is 0.102. The average Bonchev–Trinajstić information content (AvgIpc) is 2.65. The molecule has 1 aromatic heterocycles. The van der Waals surface area contributed by atoms with Gasteiger partial charge >= 0.3 is 0 Å². The first-order valence-corrected chi connectivity index (χ1v) is 5.27. The molecule has 4 heteroatoms. The molecule has 76 valence electrons. The SMILES string of the molecule is Cc1ncsc1C(=O)c1ccc(F)cc1. The van der Waals surface area contributed by atoms with Crippen LogP contribution in [0.4, 0.5) is 4.39 Å².